The maximum Gasteiger partial charge on any atom is 0.294 e. The molecule has 27 heavy (non-hydrogen) atoms. The first kappa shape index (κ1) is 20.3. The number of non-ortho nitro benzene ring substituents is 1. The number of anilines is 2. The number of nitrogens with zero attached hydrogens (tertiary/aromatic N) is 1. The third-order valence-corrected chi connectivity index (χ3v) is 5.67. The molecule has 0 radical (unpaired) electrons. The van der Waals surface area contributed by atoms with Crippen molar-refractivity contribution in [3.63, 3.8) is 0 Å². The van der Waals surface area contributed by atoms with E-state index in [9.17, 15) is 36.3 Å². The van der Waals surface area contributed by atoms with Gasteiger partial charge in [-0.15, -0.1) is 0 Å². The van der Waals surface area contributed by atoms with Gasteiger partial charge in [0.25, 0.3) is 25.8 Å². The van der Waals surface area contributed by atoms with E-state index in [1.165, 1.54) is 13.0 Å². The number of nitro groups is 1. The number of nitro benzene ring substituents is 1. The van der Waals surface area contributed by atoms with E-state index >= 15 is 0 Å². The minimum Gasteiger partial charge on any atom is -0.328 e. The van der Waals surface area contributed by atoms with Gasteiger partial charge in [-0.25, -0.2) is 8.42 Å². The number of carbonyl (C=O) groups is 1. The van der Waals surface area contributed by atoms with Crippen LogP contribution in [0, 0.1) is 17.0 Å². The van der Waals surface area contributed by atoms with Gasteiger partial charge in [0.1, 0.15) is 0 Å². The van der Waals surface area contributed by atoms with E-state index < -0.39 is 40.5 Å². The van der Waals surface area contributed by atoms with Crippen LogP contribution in [0.1, 0.15) is 5.56 Å². The first-order valence-corrected chi connectivity index (χ1v) is 9.97. The van der Waals surface area contributed by atoms with Gasteiger partial charge >= 0.3 is 0 Å². The van der Waals surface area contributed by atoms with Gasteiger partial charge in [0.2, 0.25) is 6.41 Å². The van der Waals surface area contributed by atoms with Crippen LogP contribution in [0.4, 0.5) is 17.1 Å². The highest BCUT2D eigenvalue weighted by atomic mass is 32.2. The van der Waals surface area contributed by atoms with Crippen molar-refractivity contribution in [3.8, 4) is 0 Å². The molecule has 3 N–H and O–H groups in total. The molecule has 2 aromatic carbocycles. The van der Waals surface area contributed by atoms with Crippen molar-refractivity contribution in [2.24, 2.45) is 0 Å². The molecular formula is C14H13N3O8S2. The predicted molar refractivity (Wildman–Crippen MR) is 94.6 cm³/mol. The highest BCUT2D eigenvalue weighted by Gasteiger charge is 2.22. The van der Waals surface area contributed by atoms with Crippen molar-refractivity contribution in [2.45, 2.75) is 16.7 Å². The van der Waals surface area contributed by atoms with Crippen molar-refractivity contribution in [1.29, 1.82) is 0 Å². The van der Waals surface area contributed by atoms with Gasteiger partial charge in [-0.3, -0.25) is 24.2 Å². The van der Waals surface area contributed by atoms with E-state index in [0.717, 1.165) is 30.3 Å². The fourth-order valence-electron chi connectivity index (χ4n) is 2.12. The molecule has 13 heteroatoms. The first-order valence-electron chi connectivity index (χ1n) is 7.05. The third-order valence-electron chi connectivity index (χ3n) is 3.48. The van der Waals surface area contributed by atoms with E-state index in [4.69, 9.17) is 0 Å². The van der Waals surface area contributed by atoms with Gasteiger partial charge in [-0.05, 0) is 30.7 Å². The molecule has 0 aliphatic rings. The van der Waals surface area contributed by atoms with Gasteiger partial charge in [0.05, 0.1) is 20.4 Å². The Morgan fingerprint density at radius 1 is 1.07 bits per heavy atom. The van der Waals surface area contributed by atoms with Crippen molar-refractivity contribution in [3.05, 3.63) is 52.1 Å². The molecule has 0 unspecified atom stereocenters. The lowest BCUT2D eigenvalue weighted by molar-refractivity contribution is -0.385. The summed E-state index contributed by atoms with van der Waals surface area (Å²) in [6, 6.07) is 6.03. The molecule has 1 amide bonds. The predicted octanol–water partition coefficient (Wildman–Crippen LogP) is 1.52. The summed E-state index contributed by atoms with van der Waals surface area (Å²) in [6.07, 6.45) is 0.245. The summed E-state index contributed by atoms with van der Waals surface area (Å²) in [5, 5.41) is 13.0. The minimum atomic E-state index is -4.70. The second-order valence-corrected chi connectivity index (χ2v) is 8.34. The lowest BCUT2D eigenvalue weighted by atomic mass is 10.1. The van der Waals surface area contributed by atoms with Gasteiger partial charge in [0, 0.05) is 17.8 Å². The molecule has 0 atom stereocenters. The van der Waals surface area contributed by atoms with Crippen molar-refractivity contribution in [1.82, 2.24) is 0 Å². The summed E-state index contributed by atoms with van der Waals surface area (Å²) >= 11 is 0. The number of carbonyl (C=O) groups excluding carboxylic acids is 1. The lowest BCUT2D eigenvalue weighted by Gasteiger charge is -2.15. The number of hydrogen-bond donors (Lipinski definition) is 3. The van der Waals surface area contributed by atoms with E-state index in [1.54, 1.807) is 0 Å². The second kappa shape index (κ2) is 7.30. The van der Waals surface area contributed by atoms with Crippen LogP contribution in [0.3, 0.4) is 0 Å². The van der Waals surface area contributed by atoms with Crippen LogP contribution >= 0.6 is 0 Å². The Morgan fingerprint density at radius 2 is 1.70 bits per heavy atom. The molecule has 0 aromatic heterocycles. The Labute approximate surface area is 154 Å². The Balaban J connectivity index is 2.58. The Morgan fingerprint density at radius 3 is 2.26 bits per heavy atom. The fraction of sp³-hybridized carbons (Fsp3) is 0.0714. The highest BCUT2D eigenvalue weighted by molar-refractivity contribution is 7.92. The van der Waals surface area contributed by atoms with E-state index in [-0.39, 0.29) is 23.3 Å². The normalized spacial score (nSPS) is 11.6. The average molecular weight is 415 g/mol. The summed E-state index contributed by atoms with van der Waals surface area (Å²) in [5.41, 5.74) is -0.606. The first-order chi connectivity index (χ1) is 12.5. The van der Waals surface area contributed by atoms with E-state index in [2.05, 4.69) is 10.0 Å². The van der Waals surface area contributed by atoms with Crippen molar-refractivity contribution < 1.29 is 31.1 Å². The zero-order valence-corrected chi connectivity index (χ0v) is 15.2. The van der Waals surface area contributed by atoms with Gasteiger partial charge < -0.3 is 5.32 Å². The number of sulfonamides is 1. The quantitative estimate of drug-likeness (QED) is 0.264. The van der Waals surface area contributed by atoms with Crippen LogP contribution in [0.15, 0.2) is 46.2 Å². The molecule has 11 nitrogen and oxygen atoms in total. The number of nitrogens with one attached hydrogen (secondary N) is 2. The van der Waals surface area contributed by atoms with Crippen LogP contribution in [0.2, 0.25) is 0 Å². The molecule has 2 rings (SSSR count). The maximum absolute atomic E-state index is 12.5. The summed E-state index contributed by atoms with van der Waals surface area (Å²) in [5.74, 6) is 0. The summed E-state index contributed by atoms with van der Waals surface area (Å²) in [6.45, 7) is 1.39. The lowest BCUT2D eigenvalue weighted by Crippen LogP contribution is -2.15. The number of amides is 1. The molecule has 0 bridgehead atoms. The highest BCUT2D eigenvalue weighted by Crippen LogP contribution is 2.30. The molecule has 0 aliphatic carbocycles. The minimum absolute atomic E-state index is 0.0585. The Hall–Kier alpha value is -3.03. The number of hydrogen-bond acceptors (Lipinski definition) is 7. The summed E-state index contributed by atoms with van der Waals surface area (Å²) < 4.78 is 59.1. The molecule has 0 saturated carbocycles. The SMILES string of the molecule is Cc1c(NC=O)cc(S(=O)(=O)O)cc1NS(=O)(=O)c1cccc([N+](=O)[O-])c1. The number of rotatable bonds is 7. The zero-order chi connectivity index (χ0) is 20.4. The van der Waals surface area contributed by atoms with Gasteiger partial charge in [-0.1, -0.05) is 6.07 Å². The molecule has 0 heterocycles. The molecule has 0 spiro atoms. The molecular weight excluding hydrogens is 402 g/mol. The van der Waals surface area contributed by atoms with Gasteiger partial charge in [0.15, 0.2) is 0 Å². The summed E-state index contributed by atoms with van der Waals surface area (Å²) in [7, 11) is -9.03. The number of benzene rings is 2. The molecule has 0 saturated heterocycles. The van der Waals surface area contributed by atoms with Crippen LogP contribution < -0.4 is 10.0 Å². The van der Waals surface area contributed by atoms with Crippen molar-refractivity contribution >= 4 is 43.6 Å². The average Bonchev–Trinajstić information content (AvgIpc) is 2.57. The van der Waals surface area contributed by atoms with E-state index in [1.807, 2.05) is 0 Å². The fourth-order valence-corrected chi connectivity index (χ4v) is 3.81. The molecule has 0 aliphatic heterocycles. The van der Waals surface area contributed by atoms with Crippen LogP contribution in [0.25, 0.3) is 0 Å². The summed E-state index contributed by atoms with van der Waals surface area (Å²) in [4.78, 5) is 19.6. The topological polar surface area (TPSA) is 173 Å². The molecule has 2 aromatic rings. The largest absolute Gasteiger partial charge is 0.328 e. The van der Waals surface area contributed by atoms with Gasteiger partial charge in [-0.2, -0.15) is 8.42 Å². The molecule has 0 fully saturated rings. The van der Waals surface area contributed by atoms with Crippen LogP contribution in [0.5, 0.6) is 0 Å². The third kappa shape index (κ3) is 4.58. The van der Waals surface area contributed by atoms with E-state index in [0.29, 0.717) is 0 Å². The Bertz CT molecular complexity index is 1130. The smallest absolute Gasteiger partial charge is 0.294 e. The second-order valence-electron chi connectivity index (χ2n) is 5.24. The monoisotopic (exact) mass is 415 g/mol. The zero-order valence-electron chi connectivity index (χ0n) is 13.6. The Kier molecular flexibility index (Phi) is 5.48. The van der Waals surface area contributed by atoms with Crippen LogP contribution in [-0.4, -0.2) is 32.7 Å². The standard InChI is InChI=1S/C14H13N3O8S2/c1-9-13(15-8-18)6-12(27(23,24)25)7-14(9)16-26(21,22)11-4-2-3-10(5-11)17(19)20/h2-8,16H,1H3,(H,15,18)(H,23,24,25). The maximum atomic E-state index is 12.5. The van der Waals surface area contributed by atoms with Crippen LogP contribution in [-0.2, 0) is 24.9 Å². The van der Waals surface area contributed by atoms with Crippen molar-refractivity contribution in [2.75, 3.05) is 10.0 Å². The molecule has 144 valence electrons.